The van der Waals surface area contributed by atoms with Crippen molar-refractivity contribution >= 4 is 27.4 Å². The lowest BCUT2D eigenvalue weighted by molar-refractivity contribution is 0.0782. The molecule has 4 rings (SSSR count). The van der Waals surface area contributed by atoms with Crippen LogP contribution in [0.25, 0.3) is 10.2 Å². The van der Waals surface area contributed by atoms with Gasteiger partial charge in [0.1, 0.15) is 10.7 Å². The van der Waals surface area contributed by atoms with Gasteiger partial charge >= 0.3 is 0 Å². The number of rotatable bonds is 2. The average molecular weight is 290 g/mol. The number of aromatic nitrogens is 2. The molecule has 0 aromatic carbocycles. The Labute approximate surface area is 121 Å². The first-order chi connectivity index (χ1) is 9.86. The van der Waals surface area contributed by atoms with E-state index in [4.69, 9.17) is 15.6 Å². The fraction of sp³-hybridized carbons (Fsp3) is 0.571. The van der Waals surface area contributed by atoms with Gasteiger partial charge in [-0.3, -0.25) is 0 Å². The van der Waals surface area contributed by atoms with Gasteiger partial charge in [-0.15, -0.1) is 11.3 Å². The van der Waals surface area contributed by atoms with Gasteiger partial charge in [0.15, 0.2) is 5.82 Å². The van der Waals surface area contributed by atoms with Gasteiger partial charge in [-0.2, -0.15) is 0 Å². The first-order valence-electron chi connectivity index (χ1n) is 7.23. The average Bonchev–Trinajstić information content (AvgIpc) is 3.07. The number of hydrogen-bond acceptors (Lipinski definition) is 6. The second-order valence-electron chi connectivity index (χ2n) is 5.53. The number of nitrogen functional groups attached to an aromatic ring is 1. The van der Waals surface area contributed by atoms with Gasteiger partial charge in [-0.25, -0.2) is 15.8 Å². The minimum Gasteiger partial charge on any atom is -0.381 e. The van der Waals surface area contributed by atoms with E-state index in [0.717, 1.165) is 54.3 Å². The maximum atomic E-state index is 5.70. The molecule has 0 amide bonds. The monoisotopic (exact) mass is 290 g/mol. The molecule has 20 heavy (non-hydrogen) atoms. The highest BCUT2D eigenvalue weighted by atomic mass is 32.1. The molecule has 1 atom stereocenters. The molecule has 3 N–H and O–H groups in total. The Morgan fingerprint density at radius 1 is 1.25 bits per heavy atom. The van der Waals surface area contributed by atoms with Crippen molar-refractivity contribution in [2.24, 2.45) is 5.84 Å². The van der Waals surface area contributed by atoms with Crippen LogP contribution in [0.4, 0.5) is 5.82 Å². The quantitative estimate of drug-likeness (QED) is 0.656. The molecule has 1 aliphatic heterocycles. The van der Waals surface area contributed by atoms with Crippen molar-refractivity contribution in [2.75, 3.05) is 18.6 Å². The third-order valence-corrected chi connectivity index (χ3v) is 5.43. The molecule has 5 nitrogen and oxygen atoms in total. The molecule has 0 radical (unpaired) electrons. The Bertz CT molecular complexity index is 648. The summed E-state index contributed by atoms with van der Waals surface area (Å²) < 4.78 is 5.56. The van der Waals surface area contributed by atoms with Crippen LogP contribution in [0.5, 0.6) is 0 Å². The summed E-state index contributed by atoms with van der Waals surface area (Å²) in [5.74, 6) is 7.67. The lowest BCUT2D eigenvalue weighted by Gasteiger charge is -2.21. The number of hydrogen-bond donors (Lipinski definition) is 2. The number of thiophene rings is 1. The van der Waals surface area contributed by atoms with E-state index in [9.17, 15) is 0 Å². The van der Waals surface area contributed by atoms with Crippen LogP contribution in [0.15, 0.2) is 0 Å². The number of fused-ring (bicyclic) bond motifs is 3. The molecule has 2 aliphatic rings. The van der Waals surface area contributed by atoms with Crippen molar-refractivity contribution in [2.45, 2.75) is 38.0 Å². The van der Waals surface area contributed by atoms with Gasteiger partial charge < -0.3 is 10.2 Å². The van der Waals surface area contributed by atoms with Crippen LogP contribution in [0, 0.1) is 0 Å². The molecule has 1 saturated heterocycles. The lowest BCUT2D eigenvalue weighted by Crippen LogP contribution is -2.19. The maximum absolute atomic E-state index is 5.70. The summed E-state index contributed by atoms with van der Waals surface area (Å²) >= 11 is 1.81. The summed E-state index contributed by atoms with van der Waals surface area (Å²) in [6.45, 7) is 1.58. The normalized spacial score (nSPS) is 22.1. The van der Waals surface area contributed by atoms with Gasteiger partial charge in [0.05, 0.1) is 12.0 Å². The Kier molecular flexibility index (Phi) is 3.09. The van der Waals surface area contributed by atoms with Gasteiger partial charge in [0.2, 0.25) is 0 Å². The van der Waals surface area contributed by atoms with Crippen LogP contribution >= 0.6 is 11.3 Å². The Morgan fingerprint density at radius 3 is 3.00 bits per heavy atom. The highest BCUT2D eigenvalue weighted by molar-refractivity contribution is 7.19. The highest BCUT2D eigenvalue weighted by Crippen LogP contribution is 2.40. The van der Waals surface area contributed by atoms with Gasteiger partial charge in [0, 0.05) is 17.4 Å². The van der Waals surface area contributed by atoms with Crippen LogP contribution in [0.2, 0.25) is 0 Å². The minimum absolute atomic E-state index is 0.303. The summed E-state index contributed by atoms with van der Waals surface area (Å²) in [4.78, 5) is 12.0. The van der Waals surface area contributed by atoms with Crippen molar-refractivity contribution in [1.82, 2.24) is 9.97 Å². The molecule has 1 unspecified atom stereocenters. The Hall–Kier alpha value is -1.24. The van der Waals surface area contributed by atoms with E-state index in [1.165, 1.54) is 23.3 Å². The van der Waals surface area contributed by atoms with E-state index in [2.05, 4.69) is 10.4 Å². The summed E-state index contributed by atoms with van der Waals surface area (Å²) in [6, 6.07) is 0. The SMILES string of the molecule is NNc1nc(C2CCCOC2)nc2sc3c(c12)CCC3. The second-order valence-corrected chi connectivity index (χ2v) is 6.61. The summed E-state index contributed by atoms with van der Waals surface area (Å²) in [5, 5.41) is 1.14. The molecular formula is C14H18N4OS. The van der Waals surface area contributed by atoms with Gasteiger partial charge in [0.25, 0.3) is 0 Å². The number of nitrogens with zero attached hydrogens (tertiary/aromatic N) is 2. The highest BCUT2D eigenvalue weighted by Gasteiger charge is 2.25. The van der Waals surface area contributed by atoms with Crippen molar-refractivity contribution in [3.05, 3.63) is 16.3 Å². The van der Waals surface area contributed by atoms with E-state index in [-0.39, 0.29) is 0 Å². The molecule has 0 bridgehead atoms. The Morgan fingerprint density at radius 2 is 2.20 bits per heavy atom. The van der Waals surface area contributed by atoms with E-state index in [0.29, 0.717) is 5.92 Å². The van der Waals surface area contributed by atoms with Crippen molar-refractivity contribution in [3.63, 3.8) is 0 Å². The van der Waals surface area contributed by atoms with Gasteiger partial charge in [-0.05, 0) is 37.7 Å². The first kappa shape index (κ1) is 12.5. The molecule has 1 aliphatic carbocycles. The third kappa shape index (κ3) is 1.90. The summed E-state index contributed by atoms with van der Waals surface area (Å²) in [5.41, 5.74) is 4.19. The molecule has 0 saturated carbocycles. The molecule has 106 valence electrons. The molecule has 3 heterocycles. The molecule has 0 spiro atoms. The van der Waals surface area contributed by atoms with E-state index in [1.807, 2.05) is 0 Å². The molecular weight excluding hydrogens is 272 g/mol. The van der Waals surface area contributed by atoms with Gasteiger partial charge in [-0.1, -0.05) is 0 Å². The standard InChI is InChI=1S/C14H18N4OS/c15-18-13-11-9-4-1-5-10(9)20-14(11)17-12(16-13)8-3-2-6-19-7-8/h8H,1-7,15H2,(H,16,17,18). The summed E-state index contributed by atoms with van der Waals surface area (Å²) in [7, 11) is 0. The fourth-order valence-corrected chi connectivity index (χ4v) is 4.51. The topological polar surface area (TPSA) is 73.1 Å². The predicted molar refractivity (Wildman–Crippen MR) is 80.0 cm³/mol. The molecule has 2 aromatic heterocycles. The zero-order chi connectivity index (χ0) is 13.5. The van der Waals surface area contributed by atoms with Crippen LogP contribution in [0.3, 0.4) is 0 Å². The number of nitrogens with one attached hydrogen (secondary N) is 1. The van der Waals surface area contributed by atoms with Crippen molar-refractivity contribution in [1.29, 1.82) is 0 Å². The summed E-state index contributed by atoms with van der Waals surface area (Å²) in [6.07, 6.45) is 5.71. The molecule has 6 heteroatoms. The van der Waals surface area contributed by atoms with Crippen molar-refractivity contribution < 1.29 is 4.74 Å². The largest absolute Gasteiger partial charge is 0.381 e. The van der Waals surface area contributed by atoms with Crippen molar-refractivity contribution in [3.8, 4) is 0 Å². The maximum Gasteiger partial charge on any atom is 0.152 e. The lowest BCUT2D eigenvalue weighted by atomic mass is 10.0. The zero-order valence-corrected chi connectivity index (χ0v) is 12.1. The van der Waals surface area contributed by atoms with E-state index >= 15 is 0 Å². The third-order valence-electron chi connectivity index (χ3n) is 4.24. The Balaban J connectivity index is 1.84. The number of hydrazine groups is 1. The molecule has 2 aromatic rings. The van der Waals surface area contributed by atoms with Crippen LogP contribution in [-0.4, -0.2) is 23.2 Å². The number of aryl methyl sites for hydroxylation is 2. The zero-order valence-electron chi connectivity index (χ0n) is 11.3. The number of ether oxygens (including phenoxy) is 1. The van der Waals surface area contributed by atoms with Crippen LogP contribution in [-0.2, 0) is 17.6 Å². The molecule has 1 fully saturated rings. The number of nitrogens with two attached hydrogens (primary N) is 1. The predicted octanol–water partition coefficient (Wildman–Crippen LogP) is 2.36. The van der Waals surface area contributed by atoms with E-state index < -0.39 is 0 Å². The van der Waals surface area contributed by atoms with E-state index in [1.54, 1.807) is 11.3 Å². The minimum atomic E-state index is 0.303. The van der Waals surface area contributed by atoms with Crippen LogP contribution in [0.1, 0.15) is 41.4 Å². The fourth-order valence-electron chi connectivity index (χ4n) is 3.24. The van der Waals surface area contributed by atoms with Crippen LogP contribution < -0.4 is 11.3 Å². The number of anilines is 1. The first-order valence-corrected chi connectivity index (χ1v) is 8.05. The second kappa shape index (κ2) is 4.95. The smallest absolute Gasteiger partial charge is 0.152 e.